The van der Waals surface area contributed by atoms with Gasteiger partial charge in [-0.05, 0) is 34.1 Å². The van der Waals surface area contributed by atoms with Crippen molar-refractivity contribution >= 4 is 75.6 Å². The van der Waals surface area contributed by atoms with Gasteiger partial charge in [0.25, 0.3) is 5.56 Å². The topological polar surface area (TPSA) is 47.8 Å². The van der Waals surface area contributed by atoms with E-state index in [9.17, 15) is 4.79 Å². The predicted molar refractivity (Wildman–Crippen MR) is 92.9 cm³/mol. The lowest BCUT2D eigenvalue weighted by atomic mass is 10.3. The fourth-order valence-electron chi connectivity index (χ4n) is 1.89. The molecule has 0 saturated carbocycles. The van der Waals surface area contributed by atoms with E-state index in [-0.39, 0.29) is 16.0 Å². The number of pyridine rings is 1. The van der Waals surface area contributed by atoms with E-state index in [0.29, 0.717) is 5.39 Å². The van der Waals surface area contributed by atoms with Gasteiger partial charge in [-0.1, -0.05) is 33.1 Å². The number of alkyl halides is 1. The van der Waals surface area contributed by atoms with E-state index in [4.69, 9.17) is 0 Å². The highest BCUT2D eigenvalue weighted by Crippen LogP contribution is 2.38. The van der Waals surface area contributed by atoms with Crippen molar-refractivity contribution in [2.45, 2.75) is 5.16 Å². The summed E-state index contributed by atoms with van der Waals surface area (Å²) in [5.74, 6) is 0. The molecule has 0 aliphatic carbocycles. The van der Waals surface area contributed by atoms with Crippen LogP contribution in [0.2, 0.25) is 0 Å². The average Bonchev–Trinajstić information content (AvgIpc) is 2.77. The van der Waals surface area contributed by atoms with Crippen LogP contribution in [0.15, 0.2) is 33.8 Å². The summed E-state index contributed by atoms with van der Waals surface area (Å²) in [4.78, 5) is 20.4. The Kier molecular flexibility index (Phi) is 3.54. The number of halogens is 2. The van der Waals surface area contributed by atoms with Gasteiger partial charge in [-0.3, -0.25) is 14.3 Å². The Labute approximate surface area is 133 Å². The van der Waals surface area contributed by atoms with Gasteiger partial charge in [0.1, 0.15) is 0 Å². The highest BCUT2D eigenvalue weighted by Gasteiger charge is 2.20. The Hall–Kier alpha value is -0.290. The smallest absolute Gasteiger partial charge is 0.281 e. The molecule has 2 aromatic heterocycles. The van der Waals surface area contributed by atoms with Gasteiger partial charge >= 0.3 is 0 Å². The normalized spacial score (nSPS) is 18.1. The Balaban J connectivity index is 2.50. The van der Waals surface area contributed by atoms with Crippen molar-refractivity contribution in [3.8, 4) is 0 Å². The summed E-state index contributed by atoms with van der Waals surface area (Å²) in [7, 11) is -0.187. The molecular formula is C11H7I2N3OS. The minimum absolute atomic E-state index is 0.169. The van der Waals surface area contributed by atoms with E-state index in [0.717, 1.165) is 15.1 Å². The third-order valence-electron chi connectivity index (χ3n) is 2.65. The first kappa shape index (κ1) is 12.7. The molecule has 0 fully saturated rings. The third-order valence-corrected chi connectivity index (χ3v) is 6.49. The zero-order chi connectivity index (χ0) is 12.7. The van der Waals surface area contributed by atoms with Crippen molar-refractivity contribution in [1.29, 1.82) is 0 Å². The van der Waals surface area contributed by atoms with E-state index in [1.54, 1.807) is 18.5 Å². The van der Waals surface area contributed by atoms with Crippen LogP contribution in [0.1, 0.15) is 0 Å². The number of aromatic nitrogens is 3. The van der Waals surface area contributed by atoms with E-state index in [2.05, 4.69) is 68.5 Å². The lowest BCUT2D eigenvalue weighted by molar-refractivity contribution is 0.875. The molecule has 18 heavy (non-hydrogen) atoms. The number of hydrogen-bond donors (Lipinski definition) is 0. The molecule has 0 aromatic carbocycles. The molecule has 0 bridgehead atoms. The Morgan fingerprint density at radius 3 is 3.06 bits per heavy atom. The second-order valence-corrected chi connectivity index (χ2v) is 7.44. The van der Waals surface area contributed by atoms with Crippen LogP contribution < -0.4 is 5.56 Å². The lowest BCUT2D eigenvalue weighted by Crippen LogP contribution is -2.14. The first-order chi connectivity index (χ1) is 8.76. The minimum Gasteiger partial charge on any atom is -0.290 e. The van der Waals surface area contributed by atoms with Gasteiger partial charge in [-0.25, -0.2) is 0 Å². The Bertz CT molecular complexity index is 766. The average molecular weight is 483 g/mol. The van der Waals surface area contributed by atoms with Crippen LogP contribution >= 0.6 is 55.7 Å². The van der Waals surface area contributed by atoms with Crippen molar-refractivity contribution in [3.63, 3.8) is 0 Å². The molecule has 1 atom stereocenters. The molecule has 4 nitrogen and oxygen atoms in total. The summed E-state index contributed by atoms with van der Waals surface area (Å²) in [5.41, 5.74) is 1.86. The highest BCUT2D eigenvalue weighted by atomic mass is 127. The van der Waals surface area contributed by atoms with Crippen molar-refractivity contribution in [2.24, 2.45) is 0 Å². The van der Waals surface area contributed by atoms with E-state index < -0.39 is 0 Å². The van der Waals surface area contributed by atoms with Gasteiger partial charge in [0.15, 0.2) is 5.16 Å². The molecule has 0 N–H and O–H groups in total. The zero-order valence-electron chi connectivity index (χ0n) is 9.01. The van der Waals surface area contributed by atoms with Gasteiger partial charge in [0, 0.05) is 19.7 Å². The van der Waals surface area contributed by atoms with Gasteiger partial charge < -0.3 is 0 Å². The summed E-state index contributed by atoms with van der Waals surface area (Å²) in [5, 5.41) is 3.62. The van der Waals surface area contributed by atoms with E-state index >= 15 is 0 Å². The summed E-state index contributed by atoms with van der Waals surface area (Å²) in [6, 6.07) is 1.73. The summed E-state index contributed by atoms with van der Waals surface area (Å²) in [6.07, 6.45) is 3.37. The predicted octanol–water partition coefficient (Wildman–Crippen LogP) is 2.86. The Morgan fingerprint density at radius 2 is 2.33 bits per heavy atom. The van der Waals surface area contributed by atoms with Crippen LogP contribution in [0.5, 0.6) is 0 Å². The number of rotatable bonds is 1. The fraction of sp³-hybridized carbons (Fsp3) is 0.0909. The first-order valence-electron chi connectivity index (χ1n) is 5.05. The van der Waals surface area contributed by atoms with Crippen LogP contribution in [0.4, 0.5) is 0 Å². The molecular weight excluding hydrogens is 476 g/mol. The minimum atomic E-state index is -0.187. The SMILES string of the molecule is O=c1nc2n(c3cnccc13)C(CI)=CS2=CI. The van der Waals surface area contributed by atoms with Gasteiger partial charge in [-0.15, -0.1) is 0 Å². The van der Waals surface area contributed by atoms with E-state index in [1.165, 1.54) is 5.70 Å². The molecule has 0 radical (unpaired) electrons. The molecule has 0 amide bonds. The van der Waals surface area contributed by atoms with Crippen molar-refractivity contribution in [1.82, 2.24) is 14.5 Å². The standard InChI is InChI=1S/C11H7I2N3OS/c12-3-7-5-18(6-13)11-15-10(17)8-1-2-14-4-9(8)16(7)11/h1-2,4-6H,3H2. The van der Waals surface area contributed by atoms with E-state index in [1.807, 2.05) is 0 Å². The third kappa shape index (κ3) is 1.86. The van der Waals surface area contributed by atoms with Gasteiger partial charge in [-0.2, -0.15) is 4.98 Å². The molecule has 3 heterocycles. The summed E-state index contributed by atoms with van der Waals surface area (Å²) >= 11 is 4.54. The quantitative estimate of drug-likeness (QED) is 0.206. The van der Waals surface area contributed by atoms with Gasteiger partial charge in [0.05, 0.1) is 17.1 Å². The molecule has 1 aliphatic rings. The summed E-state index contributed by atoms with van der Waals surface area (Å²) < 4.78 is 5.00. The molecule has 7 heteroatoms. The number of hydrogen-bond acceptors (Lipinski definition) is 3. The monoisotopic (exact) mass is 483 g/mol. The lowest BCUT2D eigenvalue weighted by Gasteiger charge is -2.10. The maximum Gasteiger partial charge on any atom is 0.281 e. The van der Waals surface area contributed by atoms with Crippen LogP contribution in [0.3, 0.4) is 0 Å². The highest BCUT2D eigenvalue weighted by molar-refractivity contribution is 14.1. The summed E-state index contributed by atoms with van der Waals surface area (Å²) in [6.45, 7) is 0. The van der Waals surface area contributed by atoms with Crippen LogP contribution in [0.25, 0.3) is 16.6 Å². The van der Waals surface area contributed by atoms with Gasteiger partial charge in [0.2, 0.25) is 0 Å². The number of nitrogens with zero attached hydrogens (tertiary/aromatic N) is 3. The fourth-order valence-corrected chi connectivity index (χ4v) is 5.21. The molecule has 0 spiro atoms. The number of fused-ring (bicyclic) bond motifs is 3. The molecule has 3 rings (SSSR count). The van der Waals surface area contributed by atoms with Crippen molar-refractivity contribution in [3.05, 3.63) is 34.2 Å². The van der Waals surface area contributed by atoms with Crippen LogP contribution in [-0.2, 0) is 0 Å². The molecule has 0 saturated heterocycles. The first-order valence-corrected chi connectivity index (χ1v) is 9.17. The maximum absolute atomic E-state index is 12.0. The zero-order valence-corrected chi connectivity index (χ0v) is 14.1. The van der Waals surface area contributed by atoms with Crippen LogP contribution in [-0.4, -0.2) is 22.3 Å². The molecule has 92 valence electrons. The second kappa shape index (κ2) is 5.00. The second-order valence-electron chi connectivity index (χ2n) is 3.63. The maximum atomic E-state index is 12.0. The largest absolute Gasteiger partial charge is 0.290 e. The molecule has 1 aliphatic heterocycles. The Morgan fingerprint density at radius 1 is 1.50 bits per heavy atom. The van der Waals surface area contributed by atoms with Crippen LogP contribution in [0, 0.1) is 0 Å². The molecule has 2 aromatic rings. The molecule has 1 unspecified atom stereocenters. The van der Waals surface area contributed by atoms with Crippen molar-refractivity contribution in [2.75, 3.05) is 4.43 Å². The number of allylic oxidation sites excluding steroid dienone is 1. The van der Waals surface area contributed by atoms with Crippen molar-refractivity contribution < 1.29 is 0 Å².